The molecule has 0 radical (unpaired) electrons. The first kappa shape index (κ1) is 16.4. The van der Waals surface area contributed by atoms with Crippen molar-refractivity contribution < 1.29 is 14.7 Å². The van der Waals surface area contributed by atoms with Gasteiger partial charge in [-0.25, -0.2) is 0 Å². The molecule has 1 aliphatic rings. The fraction of sp³-hybridized carbons (Fsp3) is 0.600. The van der Waals surface area contributed by atoms with Gasteiger partial charge in [0.15, 0.2) is 0 Å². The molecule has 0 aliphatic carbocycles. The minimum atomic E-state index is -0.844. The van der Waals surface area contributed by atoms with Crippen molar-refractivity contribution in [2.75, 3.05) is 26.2 Å². The number of nitrogens with zero attached hydrogens (tertiary/aromatic N) is 2. The number of hydrogen-bond donors (Lipinski definition) is 1. The Labute approximate surface area is 120 Å². The van der Waals surface area contributed by atoms with Crippen LogP contribution in [0.25, 0.3) is 0 Å². The van der Waals surface area contributed by atoms with Crippen molar-refractivity contribution in [3.8, 4) is 0 Å². The summed E-state index contributed by atoms with van der Waals surface area (Å²) in [6.07, 6.45) is 4.86. The average Bonchev–Trinajstić information content (AvgIpc) is 2.40. The summed E-state index contributed by atoms with van der Waals surface area (Å²) in [5.74, 6) is -0.533. The van der Waals surface area contributed by atoms with Crippen LogP contribution in [0.15, 0.2) is 25.3 Å². The number of carbonyl (C=O) groups excluding carboxylic acids is 1. The van der Waals surface area contributed by atoms with Crippen LogP contribution in [0.3, 0.4) is 0 Å². The summed E-state index contributed by atoms with van der Waals surface area (Å²) in [6.45, 7) is 11.0. The number of carboxylic acids is 1. The third kappa shape index (κ3) is 4.49. The van der Waals surface area contributed by atoms with Crippen LogP contribution < -0.4 is 0 Å². The van der Waals surface area contributed by atoms with E-state index in [1.807, 2.05) is 0 Å². The van der Waals surface area contributed by atoms with Crippen LogP contribution in [-0.2, 0) is 9.59 Å². The Morgan fingerprint density at radius 3 is 2.45 bits per heavy atom. The lowest BCUT2D eigenvalue weighted by Crippen LogP contribution is -2.51. The first-order chi connectivity index (χ1) is 9.49. The van der Waals surface area contributed by atoms with E-state index in [4.69, 9.17) is 0 Å². The lowest BCUT2D eigenvalue weighted by molar-refractivity contribution is -0.147. The van der Waals surface area contributed by atoms with E-state index in [0.29, 0.717) is 32.0 Å². The molecule has 1 saturated heterocycles. The van der Waals surface area contributed by atoms with Crippen molar-refractivity contribution in [1.82, 2.24) is 9.80 Å². The van der Waals surface area contributed by atoms with Crippen LogP contribution in [0.5, 0.6) is 0 Å². The molecular formula is C15H24N2O3. The van der Waals surface area contributed by atoms with Gasteiger partial charge in [0, 0.05) is 13.1 Å². The van der Waals surface area contributed by atoms with E-state index in [1.54, 1.807) is 22.0 Å². The standard InChI is InChI=1S/C15H24N2O3/c1-4-7-16(8-5-2)14(18)11-17-9-6-12(3)10-13(17)15(19)20/h4-5,12-13H,1-2,6-11H2,3H3,(H,19,20). The monoisotopic (exact) mass is 280 g/mol. The Hall–Kier alpha value is -1.62. The highest BCUT2D eigenvalue weighted by molar-refractivity contribution is 5.80. The molecule has 1 fully saturated rings. The van der Waals surface area contributed by atoms with Crippen molar-refractivity contribution in [3.05, 3.63) is 25.3 Å². The maximum atomic E-state index is 12.2. The largest absolute Gasteiger partial charge is 0.480 e. The van der Waals surface area contributed by atoms with Gasteiger partial charge in [-0.05, 0) is 25.3 Å². The molecule has 5 nitrogen and oxygen atoms in total. The molecule has 0 bridgehead atoms. The average molecular weight is 280 g/mol. The van der Waals surface area contributed by atoms with Crippen molar-refractivity contribution in [3.63, 3.8) is 0 Å². The Bertz CT molecular complexity index is 371. The van der Waals surface area contributed by atoms with Crippen LogP contribution in [0.1, 0.15) is 19.8 Å². The molecule has 0 saturated carbocycles. The lowest BCUT2D eigenvalue weighted by atomic mass is 9.92. The zero-order valence-corrected chi connectivity index (χ0v) is 12.1. The zero-order valence-electron chi connectivity index (χ0n) is 12.1. The molecule has 2 unspecified atom stereocenters. The van der Waals surface area contributed by atoms with Gasteiger partial charge in [0.2, 0.25) is 5.91 Å². The van der Waals surface area contributed by atoms with Gasteiger partial charge in [-0.1, -0.05) is 19.1 Å². The van der Waals surface area contributed by atoms with Crippen molar-refractivity contribution in [1.29, 1.82) is 0 Å². The fourth-order valence-corrected chi connectivity index (χ4v) is 2.50. The van der Waals surface area contributed by atoms with E-state index in [9.17, 15) is 14.7 Å². The maximum Gasteiger partial charge on any atom is 0.320 e. The van der Waals surface area contributed by atoms with Crippen LogP contribution in [0.4, 0.5) is 0 Å². The van der Waals surface area contributed by atoms with Crippen molar-refractivity contribution >= 4 is 11.9 Å². The van der Waals surface area contributed by atoms with Gasteiger partial charge in [0.05, 0.1) is 6.54 Å². The summed E-state index contributed by atoms with van der Waals surface area (Å²) in [5, 5.41) is 9.29. The molecule has 1 N–H and O–H groups in total. The number of carboxylic acid groups (broad SMARTS) is 1. The number of aliphatic carboxylic acids is 1. The first-order valence-corrected chi connectivity index (χ1v) is 6.96. The minimum absolute atomic E-state index is 0.0781. The third-order valence-corrected chi connectivity index (χ3v) is 3.65. The highest BCUT2D eigenvalue weighted by Gasteiger charge is 2.33. The third-order valence-electron chi connectivity index (χ3n) is 3.65. The molecule has 1 rings (SSSR count). The number of hydrogen-bond acceptors (Lipinski definition) is 3. The van der Waals surface area contributed by atoms with E-state index in [0.717, 1.165) is 6.42 Å². The molecule has 1 amide bonds. The van der Waals surface area contributed by atoms with Gasteiger partial charge < -0.3 is 10.0 Å². The number of rotatable bonds is 7. The van der Waals surface area contributed by atoms with E-state index in [2.05, 4.69) is 20.1 Å². The predicted molar refractivity (Wildman–Crippen MR) is 78.4 cm³/mol. The molecule has 0 aromatic heterocycles. The summed E-state index contributed by atoms with van der Waals surface area (Å²) in [5.41, 5.74) is 0. The molecule has 1 heterocycles. The molecule has 5 heteroatoms. The summed E-state index contributed by atoms with van der Waals surface area (Å²) in [6, 6.07) is -0.558. The van der Waals surface area contributed by atoms with Crippen LogP contribution >= 0.6 is 0 Å². The highest BCUT2D eigenvalue weighted by Crippen LogP contribution is 2.22. The second kappa shape index (κ2) is 7.85. The molecule has 1 aliphatic heterocycles. The molecule has 112 valence electrons. The molecule has 0 aromatic carbocycles. The van der Waals surface area contributed by atoms with Gasteiger partial charge in [-0.2, -0.15) is 0 Å². The number of amides is 1. The van der Waals surface area contributed by atoms with Gasteiger partial charge in [0.25, 0.3) is 0 Å². The van der Waals surface area contributed by atoms with Crippen LogP contribution in [0.2, 0.25) is 0 Å². The summed E-state index contributed by atoms with van der Waals surface area (Å²) >= 11 is 0. The predicted octanol–water partition coefficient (Wildman–Crippen LogP) is 1.37. The number of piperidine rings is 1. The van der Waals surface area contributed by atoms with Gasteiger partial charge in [-0.3, -0.25) is 14.5 Å². The zero-order chi connectivity index (χ0) is 15.1. The molecular weight excluding hydrogens is 256 g/mol. The fourth-order valence-electron chi connectivity index (χ4n) is 2.50. The van der Waals surface area contributed by atoms with Gasteiger partial charge >= 0.3 is 5.97 Å². The second-order valence-electron chi connectivity index (χ2n) is 5.33. The van der Waals surface area contributed by atoms with Gasteiger partial charge in [-0.15, -0.1) is 13.2 Å². The Balaban J connectivity index is 2.68. The Morgan fingerprint density at radius 2 is 1.95 bits per heavy atom. The lowest BCUT2D eigenvalue weighted by Gasteiger charge is -2.36. The minimum Gasteiger partial charge on any atom is -0.480 e. The Kier molecular flexibility index (Phi) is 6.45. The summed E-state index contributed by atoms with van der Waals surface area (Å²) < 4.78 is 0. The molecule has 0 aromatic rings. The SMILES string of the molecule is C=CCN(CC=C)C(=O)CN1CCC(C)CC1C(=O)O. The normalized spacial score (nSPS) is 23.1. The van der Waals surface area contributed by atoms with Gasteiger partial charge in [0.1, 0.15) is 6.04 Å². The second-order valence-corrected chi connectivity index (χ2v) is 5.33. The number of likely N-dealkylation sites (tertiary alicyclic amines) is 1. The smallest absolute Gasteiger partial charge is 0.320 e. The van der Waals surface area contributed by atoms with Crippen molar-refractivity contribution in [2.24, 2.45) is 5.92 Å². The summed E-state index contributed by atoms with van der Waals surface area (Å²) in [7, 11) is 0. The van der Waals surface area contributed by atoms with E-state index < -0.39 is 12.0 Å². The quantitative estimate of drug-likeness (QED) is 0.716. The Morgan fingerprint density at radius 1 is 1.35 bits per heavy atom. The van der Waals surface area contributed by atoms with E-state index >= 15 is 0 Å². The molecule has 2 atom stereocenters. The van der Waals surface area contributed by atoms with Crippen molar-refractivity contribution in [2.45, 2.75) is 25.8 Å². The number of carbonyl (C=O) groups is 2. The first-order valence-electron chi connectivity index (χ1n) is 6.96. The van der Waals surface area contributed by atoms with E-state index in [-0.39, 0.29) is 12.5 Å². The maximum absolute atomic E-state index is 12.2. The van der Waals surface area contributed by atoms with E-state index in [1.165, 1.54) is 0 Å². The van der Waals surface area contributed by atoms with Crippen LogP contribution in [-0.4, -0.2) is 59.0 Å². The van der Waals surface area contributed by atoms with Crippen LogP contribution in [0, 0.1) is 5.92 Å². The molecule has 0 spiro atoms. The molecule has 20 heavy (non-hydrogen) atoms. The topological polar surface area (TPSA) is 60.9 Å². The summed E-state index contributed by atoms with van der Waals surface area (Å²) in [4.78, 5) is 26.9. The highest BCUT2D eigenvalue weighted by atomic mass is 16.4.